The van der Waals surface area contributed by atoms with Crippen LogP contribution in [0.3, 0.4) is 0 Å². The van der Waals surface area contributed by atoms with E-state index in [-0.39, 0.29) is 5.91 Å². The Balaban J connectivity index is 1.73. The van der Waals surface area contributed by atoms with Crippen molar-refractivity contribution in [2.45, 2.75) is 46.1 Å². The van der Waals surface area contributed by atoms with Crippen LogP contribution in [-0.4, -0.2) is 52.9 Å². The Morgan fingerprint density at radius 3 is 2.77 bits per heavy atom. The van der Waals surface area contributed by atoms with Crippen LogP contribution in [0.1, 0.15) is 49.4 Å². The first kappa shape index (κ1) is 15.5. The smallest absolute Gasteiger partial charge is 0.276 e. The fourth-order valence-electron chi connectivity index (χ4n) is 3.40. The van der Waals surface area contributed by atoms with E-state index in [0.717, 1.165) is 32.0 Å². The number of nitrogens with zero attached hydrogens (tertiary/aromatic N) is 3. The molecule has 0 bridgehead atoms. The summed E-state index contributed by atoms with van der Waals surface area (Å²) < 4.78 is 5.19. The Hall–Kier alpha value is -1.36. The summed E-state index contributed by atoms with van der Waals surface area (Å²) in [6.07, 6.45) is 5.16. The molecule has 0 unspecified atom stereocenters. The highest BCUT2D eigenvalue weighted by atomic mass is 16.3. The van der Waals surface area contributed by atoms with Crippen molar-refractivity contribution in [3.05, 3.63) is 17.8 Å². The molecular weight excluding hydrogens is 278 g/mol. The molecule has 5 nitrogen and oxygen atoms in total. The summed E-state index contributed by atoms with van der Waals surface area (Å²) >= 11 is 0. The molecule has 1 amide bonds. The molecule has 1 saturated heterocycles. The Bertz CT molecular complexity index is 522. The van der Waals surface area contributed by atoms with Gasteiger partial charge in [-0.25, -0.2) is 4.98 Å². The summed E-state index contributed by atoms with van der Waals surface area (Å²) in [5.74, 6) is 2.07. The lowest BCUT2D eigenvalue weighted by Crippen LogP contribution is -2.46. The van der Waals surface area contributed by atoms with Gasteiger partial charge in [-0.2, -0.15) is 0 Å². The minimum atomic E-state index is 0.0187. The maximum Gasteiger partial charge on any atom is 0.276 e. The standard InChI is InChI=1S/C17H27N3O2/c1-12(2)15-10-20(17(21)16-13(3)22-11-18-16)8-4-7-19(15)9-14-5-6-14/h11-12,14-15H,4-10H2,1-3H3/t15-/m1/s1. The zero-order chi connectivity index (χ0) is 15.7. The lowest BCUT2D eigenvalue weighted by Gasteiger charge is -2.34. The monoisotopic (exact) mass is 305 g/mol. The quantitative estimate of drug-likeness (QED) is 0.858. The third-order valence-electron chi connectivity index (χ3n) is 4.94. The number of carbonyl (C=O) groups is 1. The van der Waals surface area contributed by atoms with Gasteiger partial charge in [0.15, 0.2) is 12.1 Å². The fraction of sp³-hybridized carbons (Fsp3) is 0.765. The minimum Gasteiger partial charge on any atom is -0.448 e. The molecule has 0 spiro atoms. The van der Waals surface area contributed by atoms with Gasteiger partial charge in [0, 0.05) is 32.2 Å². The topological polar surface area (TPSA) is 49.6 Å². The van der Waals surface area contributed by atoms with E-state index in [2.05, 4.69) is 23.7 Å². The van der Waals surface area contributed by atoms with Crippen LogP contribution in [0.4, 0.5) is 0 Å². The second kappa shape index (κ2) is 6.41. The minimum absolute atomic E-state index is 0.0187. The van der Waals surface area contributed by atoms with E-state index in [1.54, 1.807) is 6.92 Å². The highest BCUT2D eigenvalue weighted by Crippen LogP contribution is 2.32. The average molecular weight is 305 g/mol. The number of aryl methyl sites for hydroxylation is 1. The number of rotatable bonds is 4. The summed E-state index contributed by atoms with van der Waals surface area (Å²) in [5.41, 5.74) is 0.471. The van der Waals surface area contributed by atoms with E-state index in [4.69, 9.17) is 4.42 Å². The van der Waals surface area contributed by atoms with Gasteiger partial charge in [0.25, 0.3) is 5.91 Å². The largest absolute Gasteiger partial charge is 0.448 e. The normalized spacial score (nSPS) is 23.8. The Kier molecular flexibility index (Phi) is 4.52. The SMILES string of the molecule is Cc1ocnc1C(=O)N1CCCN(CC2CC2)[C@@H](C(C)C)C1. The van der Waals surface area contributed by atoms with Gasteiger partial charge in [0.2, 0.25) is 0 Å². The van der Waals surface area contributed by atoms with Crippen molar-refractivity contribution in [1.29, 1.82) is 0 Å². The molecule has 122 valence electrons. The van der Waals surface area contributed by atoms with Crippen LogP contribution in [0.15, 0.2) is 10.8 Å². The lowest BCUT2D eigenvalue weighted by atomic mass is 10.0. The van der Waals surface area contributed by atoms with E-state index in [1.165, 1.54) is 25.8 Å². The Morgan fingerprint density at radius 2 is 2.18 bits per heavy atom. The number of hydrogen-bond donors (Lipinski definition) is 0. The number of oxazole rings is 1. The number of carbonyl (C=O) groups excluding carboxylic acids is 1. The van der Waals surface area contributed by atoms with Gasteiger partial charge in [0.1, 0.15) is 5.76 Å². The molecule has 1 aromatic heterocycles. The van der Waals surface area contributed by atoms with E-state index in [9.17, 15) is 4.79 Å². The van der Waals surface area contributed by atoms with Crippen molar-refractivity contribution >= 4 is 5.91 Å². The van der Waals surface area contributed by atoms with Gasteiger partial charge in [0.05, 0.1) is 0 Å². The molecule has 2 fully saturated rings. The molecule has 0 N–H and O–H groups in total. The molecule has 1 atom stereocenters. The molecule has 1 aliphatic heterocycles. The molecule has 1 aliphatic carbocycles. The zero-order valence-corrected chi connectivity index (χ0v) is 13.9. The maximum absolute atomic E-state index is 12.7. The van der Waals surface area contributed by atoms with Gasteiger partial charge < -0.3 is 9.32 Å². The molecule has 3 rings (SSSR count). The predicted octanol–water partition coefficient (Wildman–Crippen LogP) is 2.57. The van der Waals surface area contributed by atoms with Crippen molar-refractivity contribution in [2.24, 2.45) is 11.8 Å². The van der Waals surface area contributed by atoms with Gasteiger partial charge in [-0.15, -0.1) is 0 Å². The number of hydrogen-bond acceptors (Lipinski definition) is 4. The third kappa shape index (κ3) is 3.35. The van der Waals surface area contributed by atoms with Crippen molar-refractivity contribution in [2.75, 3.05) is 26.2 Å². The molecule has 2 heterocycles. The second-order valence-electron chi connectivity index (χ2n) is 7.11. The number of amides is 1. The highest BCUT2D eigenvalue weighted by Gasteiger charge is 2.34. The van der Waals surface area contributed by atoms with Crippen LogP contribution >= 0.6 is 0 Å². The van der Waals surface area contributed by atoms with Crippen LogP contribution < -0.4 is 0 Å². The maximum atomic E-state index is 12.7. The summed E-state index contributed by atoms with van der Waals surface area (Å²) in [7, 11) is 0. The lowest BCUT2D eigenvalue weighted by molar-refractivity contribution is 0.0697. The summed E-state index contributed by atoms with van der Waals surface area (Å²) in [4.78, 5) is 21.4. The molecule has 0 radical (unpaired) electrons. The molecule has 5 heteroatoms. The fourth-order valence-corrected chi connectivity index (χ4v) is 3.40. The zero-order valence-electron chi connectivity index (χ0n) is 13.9. The second-order valence-corrected chi connectivity index (χ2v) is 7.11. The molecular formula is C17H27N3O2. The van der Waals surface area contributed by atoms with Gasteiger partial charge in [-0.05, 0) is 38.0 Å². The predicted molar refractivity (Wildman–Crippen MR) is 84.7 cm³/mol. The van der Waals surface area contributed by atoms with Gasteiger partial charge in [-0.1, -0.05) is 13.8 Å². The van der Waals surface area contributed by atoms with E-state index in [1.807, 2.05) is 4.90 Å². The molecule has 2 aliphatic rings. The van der Waals surface area contributed by atoms with Crippen LogP contribution in [0, 0.1) is 18.8 Å². The third-order valence-corrected chi connectivity index (χ3v) is 4.94. The highest BCUT2D eigenvalue weighted by molar-refractivity contribution is 5.93. The Morgan fingerprint density at radius 1 is 1.41 bits per heavy atom. The van der Waals surface area contributed by atoms with E-state index < -0.39 is 0 Å². The van der Waals surface area contributed by atoms with Crippen molar-refractivity contribution in [3.63, 3.8) is 0 Å². The molecule has 1 saturated carbocycles. The van der Waals surface area contributed by atoms with Gasteiger partial charge in [-0.3, -0.25) is 9.69 Å². The van der Waals surface area contributed by atoms with Gasteiger partial charge >= 0.3 is 0 Å². The summed E-state index contributed by atoms with van der Waals surface area (Å²) in [5, 5.41) is 0. The van der Waals surface area contributed by atoms with Crippen molar-refractivity contribution < 1.29 is 9.21 Å². The summed E-state index contributed by atoms with van der Waals surface area (Å²) in [6, 6.07) is 0.444. The van der Waals surface area contributed by atoms with Crippen LogP contribution in [0.2, 0.25) is 0 Å². The number of aromatic nitrogens is 1. The van der Waals surface area contributed by atoms with E-state index >= 15 is 0 Å². The summed E-state index contributed by atoms with van der Waals surface area (Å²) in [6.45, 7) is 10.2. The van der Waals surface area contributed by atoms with Crippen LogP contribution in [0.5, 0.6) is 0 Å². The Labute approximate surface area is 132 Å². The molecule has 0 aromatic carbocycles. The first-order valence-electron chi connectivity index (χ1n) is 8.49. The van der Waals surface area contributed by atoms with Crippen LogP contribution in [0.25, 0.3) is 0 Å². The first-order chi connectivity index (χ1) is 10.6. The average Bonchev–Trinajstić information content (AvgIpc) is 3.23. The first-order valence-corrected chi connectivity index (χ1v) is 8.49. The van der Waals surface area contributed by atoms with Crippen LogP contribution in [-0.2, 0) is 0 Å². The molecule has 22 heavy (non-hydrogen) atoms. The van der Waals surface area contributed by atoms with Crippen molar-refractivity contribution in [1.82, 2.24) is 14.8 Å². The van der Waals surface area contributed by atoms with Crippen molar-refractivity contribution in [3.8, 4) is 0 Å². The van der Waals surface area contributed by atoms with E-state index in [0.29, 0.717) is 23.4 Å². The molecule has 1 aromatic rings.